The highest BCUT2D eigenvalue weighted by Crippen LogP contribution is 2.55. The predicted octanol–water partition coefficient (Wildman–Crippen LogP) is 0.919. The quantitative estimate of drug-likeness (QED) is 0.0675. The van der Waals surface area contributed by atoms with Crippen LogP contribution in [0.5, 0.6) is 34.5 Å². The number of aromatic hydroxyl groups is 4. The van der Waals surface area contributed by atoms with E-state index in [-0.39, 0.29) is 82.3 Å². The number of benzene rings is 4. The first kappa shape index (κ1) is 62.7. The third-order valence-corrected chi connectivity index (χ3v) is 18.9. The molecule has 12 rings (SSSR count). The summed E-state index contributed by atoms with van der Waals surface area (Å²) < 4.78 is 37.2. The molecule has 4 heterocycles. The van der Waals surface area contributed by atoms with E-state index in [4.69, 9.17) is 28.4 Å². The first-order chi connectivity index (χ1) is 42.9. The van der Waals surface area contributed by atoms with Crippen molar-refractivity contribution in [1.82, 2.24) is 31.1 Å². The van der Waals surface area contributed by atoms with Gasteiger partial charge in [-0.1, -0.05) is 24.3 Å². The van der Waals surface area contributed by atoms with Crippen molar-refractivity contribution >= 4 is 40.7 Å². The van der Waals surface area contributed by atoms with Crippen molar-refractivity contribution < 1.29 is 103 Å². The number of urea groups is 1. The lowest BCUT2D eigenvalue weighted by Crippen LogP contribution is -2.61. The number of hydrogen-bond donors (Lipinski definition) is 12. The van der Waals surface area contributed by atoms with Gasteiger partial charge >= 0.3 is 6.03 Å². The molecule has 0 radical (unpaired) electrons. The normalized spacial score (nSPS) is 30.0. The van der Waals surface area contributed by atoms with Gasteiger partial charge in [0.25, 0.3) is 0 Å². The van der Waals surface area contributed by atoms with Gasteiger partial charge in [0, 0.05) is 124 Å². The number of amides is 2. The maximum absolute atomic E-state index is 14.6. The van der Waals surface area contributed by atoms with E-state index < -0.39 is 184 Å². The molecule has 4 aromatic rings. The van der Waals surface area contributed by atoms with Crippen molar-refractivity contribution in [3.05, 3.63) is 103 Å². The number of aliphatic hydroxyl groups is 4. The van der Waals surface area contributed by atoms with E-state index in [1.807, 2.05) is 9.80 Å². The van der Waals surface area contributed by atoms with Crippen LogP contribution in [-0.2, 0) is 41.4 Å². The zero-order valence-corrected chi connectivity index (χ0v) is 49.8. The molecule has 480 valence electrons. The predicted molar refractivity (Wildman–Crippen MR) is 311 cm³/mol. The van der Waals surface area contributed by atoms with Gasteiger partial charge in [0.05, 0.1) is 69.9 Å². The third kappa shape index (κ3) is 11.1. The van der Waals surface area contributed by atoms with Gasteiger partial charge in [-0.05, 0) is 39.8 Å². The fourth-order valence-electron chi connectivity index (χ4n) is 13.8. The number of rotatable bonds is 14. The molecule has 0 aromatic heterocycles. The van der Waals surface area contributed by atoms with Gasteiger partial charge in [0.15, 0.2) is 35.7 Å². The number of phenolic OH excluding ortho intramolecular Hbond substituents is 4. The topological polar surface area (TPSA) is 391 Å². The first-order valence-corrected chi connectivity index (χ1v) is 30.2. The number of nitrogens with zero attached hydrogens (tertiary/aromatic N) is 2. The molecule has 4 saturated heterocycles. The molecule has 4 fully saturated rings. The van der Waals surface area contributed by atoms with Crippen LogP contribution in [0.15, 0.2) is 36.4 Å². The minimum Gasteiger partial charge on any atom is -0.507 e. The average Bonchev–Trinajstić information content (AvgIpc) is 0.748. The van der Waals surface area contributed by atoms with Crippen LogP contribution in [0.2, 0.25) is 0 Å². The summed E-state index contributed by atoms with van der Waals surface area (Å²) in [5.41, 5.74) is -8.07. The lowest BCUT2D eigenvalue weighted by molar-refractivity contribution is -0.249. The minimum atomic E-state index is -2.24. The number of ether oxygens (including phenoxy) is 6. The smallest absolute Gasteiger partial charge is 0.315 e. The number of carbonyl (C=O) groups is 7. The van der Waals surface area contributed by atoms with E-state index in [1.54, 1.807) is 0 Å². The molecular formula is C63H72N6O21. The standard InChI is InChI=1S/C63H72N6O21/c1-27-51(72)35(19-41(87-27)89-39-23-62(83,29(3)70)21-33-45(39)59(80)49-47(55(33)76)53(74)31-7-5-9-37(43(31)57(49)78)85-25-68-15-11-64-12-16-68)66-61(82)67-36-20-42(88-28(2)52(36)73)90-40-24-63(84,30(4)71)22-34-46(40)60(81)50-48(56(34)77)54(75)32-8-6-10-38(44(32)58(50)79)86-26-69-17-13-65-14-18-69/h5-10,27-28,35-36,39-42,51-52,64-65,72-73,76-77,80-81,83-84H,11-26H2,1-4H3,(H2,66,67,82)/t27?,28?,35?,36?,39-,40-,41?,42?,51?,52?,62-,63-/m0/s1. The molecule has 2 amide bonds. The summed E-state index contributed by atoms with van der Waals surface area (Å²) in [6, 6.07) is 5.52. The van der Waals surface area contributed by atoms with Crippen LogP contribution in [-0.4, -0.2) is 217 Å². The van der Waals surface area contributed by atoms with Crippen molar-refractivity contribution in [2.75, 3.05) is 65.8 Å². The van der Waals surface area contributed by atoms with E-state index in [9.17, 15) is 74.4 Å². The molecule has 8 aliphatic rings. The largest absolute Gasteiger partial charge is 0.507 e. The van der Waals surface area contributed by atoms with Crippen molar-refractivity contribution in [3.8, 4) is 34.5 Å². The Bertz CT molecular complexity index is 3410. The summed E-state index contributed by atoms with van der Waals surface area (Å²) in [7, 11) is 0. The van der Waals surface area contributed by atoms with Crippen LogP contribution >= 0.6 is 0 Å². The van der Waals surface area contributed by atoms with E-state index in [0.29, 0.717) is 52.4 Å². The van der Waals surface area contributed by atoms with Gasteiger partial charge in [0.2, 0.25) is 11.6 Å². The fourth-order valence-corrected chi connectivity index (χ4v) is 13.8. The maximum Gasteiger partial charge on any atom is 0.315 e. The Balaban J connectivity index is 0.771. The fraction of sp³-hybridized carbons (Fsp3) is 0.508. The number of fused-ring (bicyclic) bond motifs is 6. The summed E-state index contributed by atoms with van der Waals surface area (Å²) in [6.07, 6.45) is -13.8. The number of aliphatic hydroxyl groups excluding tert-OH is 2. The van der Waals surface area contributed by atoms with Gasteiger partial charge in [0.1, 0.15) is 71.4 Å². The molecule has 0 bridgehead atoms. The highest BCUT2D eigenvalue weighted by molar-refractivity contribution is 6.32. The molecule has 27 heteroatoms. The molecule has 12 N–H and O–H groups in total. The van der Waals surface area contributed by atoms with Gasteiger partial charge in [-0.2, -0.15) is 0 Å². The lowest BCUT2D eigenvalue weighted by atomic mass is 9.72. The summed E-state index contributed by atoms with van der Waals surface area (Å²) >= 11 is 0. The van der Waals surface area contributed by atoms with Gasteiger partial charge in [-0.15, -0.1) is 0 Å². The number of phenols is 4. The molecule has 4 aromatic carbocycles. The lowest BCUT2D eigenvalue weighted by Gasteiger charge is -2.43. The highest BCUT2D eigenvalue weighted by Gasteiger charge is 2.53. The van der Waals surface area contributed by atoms with Gasteiger partial charge in [-0.25, -0.2) is 4.79 Å². The number of piperazine rings is 2. The van der Waals surface area contributed by atoms with E-state index in [1.165, 1.54) is 50.2 Å². The van der Waals surface area contributed by atoms with Crippen molar-refractivity contribution in [2.45, 2.75) is 139 Å². The number of carbonyl (C=O) groups excluding carboxylic acids is 7. The highest BCUT2D eigenvalue weighted by atomic mass is 16.7. The van der Waals surface area contributed by atoms with Crippen LogP contribution in [0.4, 0.5) is 4.79 Å². The van der Waals surface area contributed by atoms with E-state index in [2.05, 4.69) is 21.3 Å². The zero-order valence-electron chi connectivity index (χ0n) is 49.8. The Kier molecular flexibility index (Phi) is 16.9. The van der Waals surface area contributed by atoms with Crippen LogP contribution < -0.4 is 30.7 Å². The third-order valence-electron chi connectivity index (χ3n) is 18.9. The summed E-state index contributed by atoms with van der Waals surface area (Å²) in [4.78, 5) is 103. The van der Waals surface area contributed by atoms with E-state index in [0.717, 1.165) is 13.8 Å². The maximum atomic E-state index is 14.6. The number of nitrogens with one attached hydrogen (secondary N) is 4. The molecule has 4 aliphatic carbocycles. The molecule has 27 nitrogen and oxygen atoms in total. The molecule has 4 aliphatic heterocycles. The SMILES string of the molecule is CC(=O)[C@]1(O)Cc2c(O)c3c(c(O)c2[C@@H](OC2CC(NC(=O)NC4CC(O[C@H]5C[C@](O)(C(C)=O)Cc6c(O)c7c(c(O)c65)C(=O)c5c(OCN6CCNCC6)cccc5C7=O)OC(C)C4O)C(O)C(C)O2)C1)C(=O)c1c(OCN2CCNCC2)cccc1C3=O. The van der Waals surface area contributed by atoms with Crippen molar-refractivity contribution in [3.63, 3.8) is 0 Å². The van der Waals surface area contributed by atoms with Crippen LogP contribution in [0.25, 0.3) is 0 Å². The number of Topliss-reactive ketones (excluding diaryl/α,β-unsaturated/α-hetero) is 2. The second-order valence-electron chi connectivity index (χ2n) is 24.6. The Morgan fingerprint density at radius 3 is 1.30 bits per heavy atom. The summed E-state index contributed by atoms with van der Waals surface area (Å²) in [6.45, 7) is 10.9. The Labute approximate surface area is 515 Å². The van der Waals surface area contributed by atoms with Gasteiger partial charge in [-0.3, -0.25) is 38.6 Å². The van der Waals surface area contributed by atoms with Crippen LogP contribution in [0.1, 0.15) is 152 Å². The number of ketones is 6. The second-order valence-corrected chi connectivity index (χ2v) is 24.6. The summed E-state index contributed by atoms with van der Waals surface area (Å²) in [5, 5.41) is 107. The molecule has 8 unspecified atom stereocenters. The summed E-state index contributed by atoms with van der Waals surface area (Å²) in [5.74, 6) is -7.74. The minimum absolute atomic E-state index is 0.0653. The second kappa shape index (κ2) is 24.3. The average molecular weight is 1250 g/mol. The van der Waals surface area contributed by atoms with E-state index >= 15 is 0 Å². The van der Waals surface area contributed by atoms with Gasteiger partial charge < -0.3 is 90.5 Å². The number of hydrogen-bond acceptors (Lipinski definition) is 25. The van der Waals surface area contributed by atoms with Crippen LogP contribution in [0, 0.1) is 0 Å². The monoisotopic (exact) mass is 1250 g/mol. The molecular weight excluding hydrogens is 1180 g/mol. The van der Waals surface area contributed by atoms with Crippen LogP contribution in [0.3, 0.4) is 0 Å². The molecule has 0 saturated carbocycles. The molecule has 0 spiro atoms. The van der Waals surface area contributed by atoms with Crippen molar-refractivity contribution in [2.24, 2.45) is 0 Å². The Hall–Kier alpha value is -7.51. The van der Waals surface area contributed by atoms with Crippen molar-refractivity contribution in [1.29, 1.82) is 0 Å². The zero-order chi connectivity index (χ0) is 64.0. The molecule has 12 atom stereocenters. The Morgan fingerprint density at radius 2 is 0.933 bits per heavy atom. The Morgan fingerprint density at radius 1 is 0.567 bits per heavy atom. The molecule has 90 heavy (non-hydrogen) atoms. The first-order valence-electron chi connectivity index (χ1n) is 30.2.